The maximum absolute atomic E-state index is 13.1. The highest BCUT2D eigenvalue weighted by molar-refractivity contribution is 5.29. The number of unbranched alkanes of at least 4 members (excludes halogenated alkanes) is 5. The van der Waals surface area contributed by atoms with Crippen LogP contribution in [0.5, 0.6) is 5.75 Å². The van der Waals surface area contributed by atoms with Crippen molar-refractivity contribution in [3.63, 3.8) is 0 Å². The Kier molecular flexibility index (Phi) is 7.42. The number of benzene rings is 1. The first kappa shape index (κ1) is 15.0. The number of aliphatic hydroxyl groups is 1. The summed E-state index contributed by atoms with van der Waals surface area (Å²) in [4.78, 5) is 0. The van der Waals surface area contributed by atoms with E-state index in [1.165, 1.54) is 37.8 Å². The van der Waals surface area contributed by atoms with Gasteiger partial charge in [0.25, 0.3) is 0 Å². The molecule has 0 aliphatic carbocycles. The van der Waals surface area contributed by atoms with Gasteiger partial charge < -0.3 is 9.84 Å². The molecule has 2 nitrogen and oxygen atoms in total. The van der Waals surface area contributed by atoms with E-state index in [4.69, 9.17) is 9.84 Å². The molecule has 0 aliphatic heterocycles. The molecule has 0 atom stereocenters. The van der Waals surface area contributed by atoms with E-state index in [1.54, 1.807) is 6.07 Å². The second-order valence-corrected chi connectivity index (χ2v) is 4.57. The zero-order valence-electron chi connectivity index (χ0n) is 11.1. The lowest BCUT2D eigenvalue weighted by molar-refractivity contribution is 0.276. The zero-order valence-corrected chi connectivity index (χ0v) is 11.1. The fourth-order valence-electron chi connectivity index (χ4n) is 1.87. The van der Waals surface area contributed by atoms with Gasteiger partial charge in [-0.1, -0.05) is 39.0 Å². The van der Waals surface area contributed by atoms with Crippen LogP contribution < -0.4 is 4.74 Å². The highest BCUT2D eigenvalue weighted by Gasteiger charge is 2.01. The van der Waals surface area contributed by atoms with E-state index in [0.717, 1.165) is 12.8 Å². The molecule has 0 unspecified atom stereocenters. The van der Waals surface area contributed by atoms with Gasteiger partial charge >= 0.3 is 0 Å². The maximum atomic E-state index is 13.1. The quantitative estimate of drug-likeness (QED) is 0.673. The summed E-state index contributed by atoms with van der Waals surface area (Å²) in [5.74, 6) is 0.145. The van der Waals surface area contributed by atoms with Gasteiger partial charge in [0.2, 0.25) is 0 Å². The summed E-state index contributed by atoms with van der Waals surface area (Å²) in [5.41, 5.74) is 0.549. The molecule has 3 heteroatoms. The first-order valence-electron chi connectivity index (χ1n) is 6.79. The first-order chi connectivity index (χ1) is 8.76. The largest absolute Gasteiger partial charge is 0.493 e. The molecule has 0 amide bonds. The molecule has 1 aromatic rings. The third-order valence-corrected chi connectivity index (χ3v) is 2.88. The Morgan fingerprint density at radius 1 is 1.06 bits per heavy atom. The molecule has 0 aromatic heterocycles. The number of ether oxygens (including phenoxy) is 1. The third-order valence-electron chi connectivity index (χ3n) is 2.88. The Morgan fingerprint density at radius 3 is 2.50 bits per heavy atom. The van der Waals surface area contributed by atoms with E-state index < -0.39 is 0 Å². The predicted molar refractivity (Wildman–Crippen MR) is 71.2 cm³/mol. The average molecular weight is 254 g/mol. The molecular weight excluding hydrogens is 231 g/mol. The van der Waals surface area contributed by atoms with Gasteiger partial charge in [-0.05, 0) is 24.1 Å². The molecule has 0 heterocycles. The van der Waals surface area contributed by atoms with Crippen molar-refractivity contribution in [3.8, 4) is 5.75 Å². The van der Waals surface area contributed by atoms with Gasteiger partial charge in [-0.15, -0.1) is 0 Å². The normalized spacial score (nSPS) is 10.6. The minimum absolute atomic E-state index is 0.162. The van der Waals surface area contributed by atoms with Crippen LogP contribution in [0.4, 0.5) is 4.39 Å². The molecule has 1 N–H and O–H groups in total. The molecule has 102 valence electrons. The molecule has 0 fully saturated rings. The smallest absolute Gasteiger partial charge is 0.127 e. The molecule has 0 bridgehead atoms. The van der Waals surface area contributed by atoms with Crippen LogP contribution in [0.2, 0.25) is 0 Å². The summed E-state index contributed by atoms with van der Waals surface area (Å²) in [7, 11) is 0. The van der Waals surface area contributed by atoms with Gasteiger partial charge in [0.05, 0.1) is 13.2 Å². The molecule has 0 spiro atoms. The van der Waals surface area contributed by atoms with E-state index >= 15 is 0 Å². The van der Waals surface area contributed by atoms with Crippen LogP contribution in [0.15, 0.2) is 18.2 Å². The van der Waals surface area contributed by atoms with Gasteiger partial charge in [-0.2, -0.15) is 0 Å². The fourth-order valence-corrected chi connectivity index (χ4v) is 1.87. The SMILES string of the molecule is CCCCCCCCOc1cc(F)cc(CO)c1. The predicted octanol–water partition coefficient (Wildman–Crippen LogP) is 4.06. The molecule has 1 aromatic carbocycles. The molecule has 0 radical (unpaired) electrons. The van der Waals surface area contributed by atoms with E-state index in [0.29, 0.717) is 17.9 Å². The van der Waals surface area contributed by atoms with Crippen LogP contribution in [0.1, 0.15) is 51.0 Å². The van der Waals surface area contributed by atoms with Gasteiger partial charge in [-0.3, -0.25) is 0 Å². The van der Waals surface area contributed by atoms with Crippen LogP contribution in [-0.2, 0) is 6.61 Å². The number of hydrogen-bond donors (Lipinski definition) is 1. The lowest BCUT2D eigenvalue weighted by Crippen LogP contribution is -1.99. The van der Waals surface area contributed by atoms with Crippen LogP contribution >= 0.6 is 0 Å². The summed E-state index contributed by atoms with van der Waals surface area (Å²) in [6, 6.07) is 4.36. The summed E-state index contributed by atoms with van der Waals surface area (Å²) in [6.07, 6.45) is 7.22. The third kappa shape index (κ3) is 6.01. The fraction of sp³-hybridized carbons (Fsp3) is 0.600. The Morgan fingerprint density at radius 2 is 1.78 bits per heavy atom. The van der Waals surface area contributed by atoms with Crippen molar-refractivity contribution in [3.05, 3.63) is 29.6 Å². The van der Waals surface area contributed by atoms with Gasteiger partial charge in [0, 0.05) is 6.07 Å². The molecule has 0 saturated carbocycles. The van der Waals surface area contributed by atoms with Crippen molar-refractivity contribution in [2.24, 2.45) is 0 Å². The molecule has 0 saturated heterocycles. The Balaban J connectivity index is 2.20. The second-order valence-electron chi connectivity index (χ2n) is 4.57. The second kappa shape index (κ2) is 8.92. The van der Waals surface area contributed by atoms with Crippen molar-refractivity contribution in [1.29, 1.82) is 0 Å². The van der Waals surface area contributed by atoms with Crippen LogP contribution in [-0.4, -0.2) is 11.7 Å². The number of rotatable bonds is 9. The highest BCUT2D eigenvalue weighted by Crippen LogP contribution is 2.17. The minimum atomic E-state index is -0.362. The first-order valence-corrected chi connectivity index (χ1v) is 6.79. The van der Waals surface area contributed by atoms with Gasteiger partial charge in [0.15, 0.2) is 0 Å². The Hall–Kier alpha value is -1.09. The monoisotopic (exact) mass is 254 g/mol. The van der Waals surface area contributed by atoms with E-state index in [1.807, 2.05) is 0 Å². The standard InChI is InChI=1S/C15H23FO2/c1-2-3-4-5-6-7-8-18-15-10-13(12-17)9-14(16)11-15/h9-11,17H,2-8,12H2,1H3. The van der Waals surface area contributed by atoms with E-state index in [2.05, 4.69) is 6.92 Å². The summed E-state index contributed by atoms with van der Waals surface area (Å²) >= 11 is 0. The van der Waals surface area contributed by atoms with Crippen LogP contribution in [0.25, 0.3) is 0 Å². The molecule has 1 rings (SSSR count). The summed E-state index contributed by atoms with van der Waals surface area (Å²) in [5, 5.41) is 8.96. The lowest BCUT2D eigenvalue weighted by Gasteiger charge is -2.07. The average Bonchev–Trinajstić information content (AvgIpc) is 2.37. The highest BCUT2D eigenvalue weighted by atomic mass is 19.1. The lowest BCUT2D eigenvalue weighted by atomic mass is 10.1. The maximum Gasteiger partial charge on any atom is 0.127 e. The van der Waals surface area contributed by atoms with Crippen molar-refractivity contribution in [2.75, 3.05) is 6.61 Å². The van der Waals surface area contributed by atoms with Crippen molar-refractivity contribution in [2.45, 2.75) is 52.1 Å². The van der Waals surface area contributed by atoms with Crippen molar-refractivity contribution in [1.82, 2.24) is 0 Å². The molecule has 18 heavy (non-hydrogen) atoms. The minimum Gasteiger partial charge on any atom is -0.493 e. The molecule has 0 aliphatic rings. The van der Waals surface area contributed by atoms with Crippen LogP contribution in [0, 0.1) is 5.82 Å². The molecular formula is C15H23FO2. The topological polar surface area (TPSA) is 29.5 Å². The van der Waals surface area contributed by atoms with Gasteiger partial charge in [0.1, 0.15) is 11.6 Å². The van der Waals surface area contributed by atoms with Crippen molar-refractivity contribution >= 4 is 0 Å². The Bertz CT molecular complexity index is 339. The van der Waals surface area contributed by atoms with Crippen LogP contribution in [0.3, 0.4) is 0 Å². The van der Waals surface area contributed by atoms with E-state index in [-0.39, 0.29) is 12.4 Å². The number of halogens is 1. The number of hydrogen-bond acceptors (Lipinski definition) is 2. The summed E-state index contributed by atoms with van der Waals surface area (Å²) in [6.45, 7) is 2.65. The van der Waals surface area contributed by atoms with Gasteiger partial charge in [-0.25, -0.2) is 4.39 Å². The summed E-state index contributed by atoms with van der Waals surface area (Å²) < 4.78 is 18.6. The number of aliphatic hydroxyl groups excluding tert-OH is 1. The van der Waals surface area contributed by atoms with E-state index in [9.17, 15) is 4.39 Å². The Labute approximate surface area is 109 Å². The van der Waals surface area contributed by atoms with Crippen molar-refractivity contribution < 1.29 is 14.2 Å². The zero-order chi connectivity index (χ0) is 13.2.